The number of thioether (sulfide) groups is 1. The minimum atomic E-state index is 0.613. The summed E-state index contributed by atoms with van der Waals surface area (Å²) in [4.78, 5) is 4.49. The van der Waals surface area contributed by atoms with Crippen LogP contribution >= 0.6 is 11.8 Å². The first-order chi connectivity index (χ1) is 6.30. The molecule has 3 heteroatoms. The van der Waals surface area contributed by atoms with Gasteiger partial charge in [0.25, 0.3) is 0 Å². The number of amidine groups is 1. The van der Waals surface area contributed by atoms with E-state index in [2.05, 4.69) is 31.1 Å². The van der Waals surface area contributed by atoms with Gasteiger partial charge >= 0.3 is 0 Å². The quantitative estimate of drug-likeness (QED) is 0.754. The van der Waals surface area contributed by atoms with Crippen LogP contribution in [-0.4, -0.2) is 23.0 Å². The second kappa shape index (κ2) is 5.53. The second-order valence-corrected chi connectivity index (χ2v) is 4.74. The number of rotatable bonds is 4. The molecule has 0 spiro atoms. The highest BCUT2D eigenvalue weighted by Gasteiger charge is 2.18. The summed E-state index contributed by atoms with van der Waals surface area (Å²) in [5, 5.41) is 5.38. The maximum absolute atomic E-state index is 4.49. The van der Waals surface area contributed by atoms with Crippen LogP contribution in [-0.2, 0) is 0 Å². The van der Waals surface area contributed by atoms with Gasteiger partial charge in [0.2, 0.25) is 0 Å². The Morgan fingerprint density at radius 2 is 2.15 bits per heavy atom. The van der Waals surface area contributed by atoms with Gasteiger partial charge in [0, 0.05) is 11.3 Å². The van der Waals surface area contributed by atoms with Crippen molar-refractivity contribution in [2.45, 2.75) is 51.3 Å². The Labute approximate surface area is 85.6 Å². The highest BCUT2D eigenvalue weighted by atomic mass is 32.2. The zero-order valence-electron chi connectivity index (χ0n) is 8.84. The van der Waals surface area contributed by atoms with E-state index in [1.165, 1.54) is 24.4 Å². The molecule has 1 heterocycles. The molecule has 0 saturated heterocycles. The molecule has 0 aliphatic carbocycles. The molecule has 1 aliphatic rings. The van der Waals surface area contributed by atoms with E-state index in [0.717, 1.165) is 11.8 Å². The van der Waals surface area contributed by atoms with Crippen LogP contribution in [0, 0.1) is 0 Å². The predicted molar refractivity (Wildman–Crippen MR) is 61.5 cm³/mol. The van der Waals surface area contributed by atoms with Gasteiger partial charge in [-0.1, -0.05) is 32.5 Å². The minimum absolute atomic E-state index is 0.613. The first kappa shape index (κ1) is 10.9. The van der Waals surface area contributed by atoms with E-state index in [1.807, 2.05) is 11.8 Å². The van der Waals surface area contributed by atoms with Gasteiger partial charge in [-0.2, -0.15) is 0 Å². The van der Waals surface area contributed by atoms with E-state index in [1.54, 1.807) is 0 Å². The van der Waals surface area contributed by atoms with Gasteiger partial charge < -0.3 is 5.32 Å². The summed E-state index contributed by atoms with van der Waals surface area (Å²) in [6.07, 6.45) is 3.60. The van der Waals surface area contributed by atoms with Crippen LogP contribution in [0.5, 0.6) is 0 Å². The Morgan fingerprint density at radius 1 is 1.46 bits per heavy atom. The SMILES string of the molecule is CCC(CC)NC1=NCC(CC)S1. The predicted octanol–water partition coefficient (Wildman–Crippen LogP) is 2.65. The summed E-state index contributed by atoms with van der Waals surface area (Å²) in [5.41, 5.74) is 0. The van der Waals surface area contributed by atoms with Crippen LogP contribution in [0.25, 0.3) is 0 Å². The summed E-state index contributed by atoms with van der Waals surface area (Å²) in [7, 11) is 0. The molecule has 1 atom stereocenters. The minimum Gasteiger partial charge on any atom is -0.362 e. The zero-order valence-corrected chi connectivity index (χ0v) is 9.66. The highest BCUT2D eigenvalue weighted by Crippen LogP contribution is 2.22. The van der Waals surface area contributed by atoms with E-state index in [4.69, 9.17) is 0 Å². The van der Waals surface area contributed by atoms with Crippen LogP contribution in [0.15, 0.2) is 4.99 Å². The first-order valence-corrected chi connectivity index (χ1v) is 6.15. The Hall–Kier alpha value is -0.180. The molecule has 1 rings (SSSR count). The lowest BCUT2D eigenvalue weighted by molar-refractivity contribution is 0.573. The monoisotopic (exact) mass is 200 g/mol. The molecular weight excluding hydrogens is 180 g/mol. The summed E-state index contributed by atoms with van der Waals surface area (Å²) in [6.45, 7) is 7.67. The van der Waals surface area contributed by atoms with Gasteiger partial charge in [-0.3, -0.25) is 4.99 Å². The van der Waals surface area contributed by atoms with Gasteiger partial charge in [-0.25, -0.2) is 0 Å². The molecule has 0 fully saturated rings. The summed E-state index contributed by atoms with van der Waals surface area (Å²) in [6, 6.07) is 0.613. The lowest BCUT2D eigenvalue weighted by Crippen LogP contribution is -2.31. The van der Waals surface area contributed by atoms with Gasteiger partial charge in [0.05, 0.1) is 6.54 Å². The fourth-order valence-electron chi connectivity index (χ4n) is 1.38. The number of hydrogen-bond donors (Lipinski definition) is 1. The third kappa shape index (κ3) is 3.22. The van der Waals surface area contributed by atoms with Crippen molar-refractivity contribution in [2.75, 3.05) is 6.54 Å². The third-order valence-corrected chi connectivity index (χ3v) is 3.77. The van der Waals surface area contributed by atoms with E-state index in [9.17, 15) is 0 Å². The summed E-state index contributed by atoms with van der Waals surface area (Å²) in [5.74, 6) is 0. The maximum Gasteiger partial charge on any atom is 0.157 e. The molecule has 0 radical (unpaired) electrons. The molecule has 0 saturated carbocycles. The fourth-order valence-corrected chi connectivity index (χ4v) is 2.39. The van der Waals surface area contributed by atoms with Crippen LogP contribution in [0.3, 0.4) is 0 Å². The molecule has 0 aromatic carbocycles. The number of hydrogen-bond acceptors (Lipinski definition) is 3. The molecule has 1 aliphatic heterocycles. The molecule has 0 bridgehead atoms. The molecule has 76 valence electrons. The first-order valence-electron chi connectivity index (χ1n) is 5.27. The van der Waals surface area contributed by atoms with Crippen LogP contribution in [0.4, 0.5) is 0 Å². The van der Waals surface area contributed by atoms with Gasteiger partial charge in [-0.15, -0.1) is 0 Å². The Morgan fingerprint density at radius 3 is 2.62 bits per heavy atom. The van der Waals surface area contributed by atoms with Crippen molar-refractivity contribution >= 4 is 16.9 Å². The lowest BCUT2D eigenvalue weighted by Gasteiger charge is -2.15. The molecule has 2 nitrogen and oxygen atoms in total. The molecule has 1 N–H and O–H groups in total. The van der Waals surface area contributed by atoms with E-state index < -0.39 is 0 Å². The van der Waals surface area contributed by atoms with Gasteiger partial charge in [-0.05, 0) is 19.3 Å². The maximum atomic E-state index is 4.49. The molecular formula is C10H20N2S. The molecule has 1 unspecified atom stereocenters. The van der Waals surface area contributed by atoms with Crippen molar-refractivity contribution in [3.05, 3.63) is 0 Å². The standard InChI is InChI=1S/C10H20N2S/c1-4-8(5-2)12-10-11-7-9(6-3)13-10/h8-9H,4-7H2,1-3H3,(H,11,12). The third-order valence-electron chi connectivity index (χ3n) is 2.49. The average molecular weight is 200 g/mol. The Kier molecular flexibility index (Phi) is 4.64. The van der Waals surface area contributed by atoms with Crippen molar-refractivity contribution in [1.82, 2.24) is 5.32 Å². The Balaban J connectivity index is 2.30. The lowest BCUT2D eigenvalue weighted by atomic mass is 10.2. The summed E-state index contributed by atoms with van der Waals surface area (Å²) < 4.78 is 0. The average Bonchev–Trinajstić information content (AvgIpc) is 2.61. The number of nitrogens with zero attached hydrogens (tertiary/aromatic N) is 1. The molecule has 0 aromatic heterocycles. The zero-order chi connectivity index (χ0) is 9.68. The fraction of sp³-hybridized carbons (Fsp3) is 0.900. The Bertz CT molecular complexity index is 176. The van der Waals surface area contributed by atoms with Crippen molar-refractivity contribution in [3.8, 4) is 0 Å². The van der Waals surface area contributed by atoms with Crippen molar-refractivity contribution in [1.29, 1.82) is 0 Å². The van der Waals surface area contributed by atoms with Crippen LogP contribution in [0.2, 0.25) is 0 Å². The largest absolute Gasteiger partial charge is 0.362 e. The van der Waals surface area contributed by atoms with E-state index in [-0.39, 0.29) is 0 Å². The van der Waals surface area contributed by atoms with Crippen molar-refractivity contribution in [2.24, 2.45) is 4.99 Å². The van der Waals surface area contributed by atoms with Crippen LogP contribution in [0.1, 0.15) is 40.0 Å². The van der Waals surface area contributed by atoms with Crippen molar-refractivity contribution in [3.63, 3.8) is 0 Å². The highest BCUT2D eigenvalue weighted by molar-refractivity contribution is 8.14. The topological polar surface area (TPSA) is 24.4 Å². The smallest absolute Gasteiger partial charge is 0.157 e. The van der Waals surface area contributed by atoms with E-state index in [0.29, 0.717) is 6.04 Å². The van der Waals surface area contributed by atoms with E-state index >= 15 is 0 Å². The van der Waals surface area contributed by atoms with Crippen LogP contribution < -0.4 is 5.32 Å². The second-order valence-electron chi connectivity index (χ2n) is 3.45. The van der Waals surface area contributed by atoms with Crippen molar-refractivity contribution < 1.29 is 0 Å². The molecule has 0 amide bonds. The number of nitrogens with one attached hydrogen (secondary N) is 1. The summed E-state index contributed by atoms with van der Waals surface area (Å²) >= 11 is 1.91. The van der Waals surface area contributed by atoms with Gasteiger partial charge in [0.1, 0.15) is 0 Å². The number of aliphatic imine (C=N–C) groups is 1. The molecule has 13 heavy (non-hydrogen) atoms. The normalized spacial score (nSPS) is 22.2. The van der Waals surface area contributed by atoms with Gasteiger partial charge in [0.15, 0.2) is 5.17 Å². The molecule has 0 aromatic rings.